The highest BCUT2D eigenvalue weighted by molar-refractivity contribution is 7.89. The largest absolute Gasteiger partial charge is 0.368 e. The molecular weight excluding hydrogens is 519 g/mol. The Morgan fingerprint density at radius 3 is 2.35 bits per heavy atom. The average molecular weight is 546 g/mol. The number of benzene rings is 2. The van der Waals surface area contributed by atoms with Gasteiger partial charge in [-0.3, -0.25) is 9.79 Å². The molecule has 0 spiro atoms. The minimum atomic E-state index is -3.86. The lowest BCUT2D eigenvalue weighted by Gasteiger charge is -2.20. The molecule has 0 fully saturated rings. The maximum Gasteiger partial charge on any atom is 0.244 e. The molecule has 0 saturated carbocycles. The molecule has 0 saturated heterocycles. The van der Waals surface area contributed by atoms with Crippen LogP contribution in [0.4, 0.5) is 0 Å². The van der Waals surface area contributed by atoms with Gasteiger partial charge in [-0.2, -0.15) is 0 Å². The molecule has 2 aromatic carbocycles. The second kappa shape index (κ2) is 11.7. The number of aliphatic imine (C=N–C) groups is 1. The fourth-order valence-electron chi connectivity index (χ4n) is 3.48. The maximum absolute atomic E-state index is 12.8. The van der Waals surface area contributed by atoms with Gasteiger partial charge in [0.05, 0.1) is 21.6 Å². The van der Waals surface area contributed by atoms with E-state index in [1.54, 1.807) is 11.9 Å². The van der Waals surface area contributed by atoms with Crippen molar-refractivity contribution in [2.45, 2.75) is 24.2 Å². The molecule has 7 nitrogen and oxygen atoms in total. The highest BCUT2D eigenvalue weighted by Gasteiger charge is 2.25. The summed E-state index contributed by atoms with van der Waals surface area (Å²) in [5, 5.41) is 3.53. The Kier molecular flexibility index (Phi) is 9.23. The molecule has 3 rings (SSSR count). The van der Waals surface area contributed by atoms with Crippen molar-refractivity contribution >= 4 is 56.6 Å². The number of sulfonamides is 1. The molecule has 184 valence electrons. The van der Waals surface area contributed by atoms with Crippen LogP contribution in [0.5, 0.6) is 0 Å². The van der Waals surface area contributed by atoms with E-state index in [9.17, 15) is 13.2 Å². The summed E-state index contributed by atoms with van der Waals surface area (Å²) in [4.78, 5) is 18.5. The van der Waals surface area contributed by atoms with Crippen molar-refractivity contribution in [2.24, 2.45) is 4.99 Å². The van der Waals surface area contributed by atoms with Crippen LogP contribution >= 0.6 is 34.8 Å². The number of nitrogens with one attached hydrogen (secondary N) is 1. The fraction of sp³-hybridized carbons (Fsp3) is 0.391. The molecule has 1 N–H and O–H groups in total. The number of hydrogen-bond acceptors (Lipinski definition) is 5. The number of halogens is 3. The van der Waals surface area contributed by atoms with E-state index in [1.165, 1.54) is 19.2 Å². The van der Waals surface area contributed by atoms with Crippen molar-refractivity contribution in [3.63, 3.8) is 0 Å². The topological polar surface area (TPSA) is 82.1 Å². The van der Waals surface area contributed by atoms with Gasteiger partial charge in [-0.1, -0.05) is 59.1 Å². The smallest absolute Gasteiger partial charge is 0.244 e. The Balaban J connectivity index is 1.46. The van der Waals surface area contributed by atoms with Gasteiger partial charge >= 0.3 is 0 Å². The summed E-state index contributed by atoms with van der Waals surface area (Å²) in [7, 11) is -0.666. The lowest BCUT2D eigenvalue weighted by molar-refractivity contribution is -0.130. The number of rotatable bonds is 10. The van der Waals surface area contributed by atoms with Crippen LogP contribution < -0.4 is 5.32 Å². The molecule has 34 heavy (non-hydrogen) atoms. The summed E-state index contributed by atoms with van der Waals surface area (Å²) in [5.74, 6) is 0.881. The van der Waals surface area contributed by atoms with E-state index >= 15 is 0 Å². The third-order valence-corrected chi connectivity index (χ3v) is 8.63. The zero-order chi connectivity index (χ0) is 24.9. The zero-order valence-corrected chi connectivity index (χ0v) is 22.1. The second-order valence-corrected chi connectivity index (χ2v) is 11.3. The molecule has 0 bridgehead atoms. The van der Waals surface area contributed by atoms with E-state index in [1.807, 2.05) is 24.3 Å². The number of carbonyl (C=O) groups is 1. The van der Waals surface area contributed by atoms with Crippen LogP contribution in [0.2, 0.25) is 15.1 Å². The average Bonchev–Trinajstić information content (AvgIpc) is 3.34. The molecule has 2 aromatic rings. The van der Waals surface area contributed by atoms with Crippen LogP contribution in [-0.4, -0.2) is 69.6 Å². The minimum Gasteiger partial charge on any atom is -0.368 e. The number of carbonyl (C=O) groups excluding carboxylic acids is 1. The Bertz CT molecular complexity index is 1170. The molecule has 0 aromatic heterocycles. The van der Waals surface area contributed by atoms with Crippen LogP contribution in [-0.2, 0) is 21.2 Å². The molecule has 1 aliphatic heterocycles. The second-order valence-electron chi connectivity index (χ2n) is 8.05. The predicted octanol–water partition coefficient (Wildman–Crippen LogP) is 4.10. The molecule has 0 atom stereocenters. The fourth-order valence-corrected chi connectivity index (χ4v) is 5.66. The number of likely N-dealkylation sites (N-methyl/N-ethyl adjacent to an activating group) is 1. The molecule has 0 unspecified atom stereocenters. The predicted molar refractivity (Wildman–Crippen MR) is 138 cm³/mol. The van der Waals surface area contributed by atoms with Crippen molar-refractivity contribution in [3.8, 4) is 0 Å². The lowest BCUT2D eigenvalue weighted by Crippen LogP contribution is -2.31. The molecule has 1 aliphatic rings. The maximum atomic E-state index is 12.8. The van der Waals surface area contributed by atoms with Gasteiger partial charge < -0.3 is 10.2 Å². The van der Waals surface area contributed by atoms with E-state index < -0.39 is 10.0 Å². The first-order valence-electron chi connectivity index (χ1n) is 10.8. The highest BCUT2D eigenvalue weighted by Crippen LogP contribution is 2.32. The molecule has 1 heterocycles. The van der Waals surface area contributed by atoms with Gasteiger partial charge in [0.2, 0.25) is 15.9 Å². The summed E-state index contributed by atoms with van der Waals surface area (Å²) < 4.78 is 26.8. The standard InChI is InChI=1S/C23H27Cl3N4O3S/c1-29(13-9-16-5-7-17(8-6-16)23-27-10-11-28-23)22(31)4-3-12-30(2)34(32,33)21-15-19(25)18(24)14-20(21)26/h5-8,14-15H,3-4,9-13H2,1-2H3,(H,27,28). The molecule has 0 aliphatic carbocycles. The number of amides is 1. The van der Waals surface area contributed by atoms with E-state index in [2.05, 4.69) is 10.3 Å². The van der Waals surface area contributed by atoms with Crippen molar-refractivity contribution in [1.29, 1.82) is 0 Å². The van der Waals surface area contributed by atoms with Gasteiger partial charge in [0.1, 0.15) is 10.7 Å². The molecule has 0 radical (unpaired) electrons. The van der Waals surface area contributed by atoms with Crippen LogP contribution in [0.15, 0.2) is 46.3 Å². The number of hydrogen-bond donors (Lipinski definition) is 1. The van der Waals surface area contributed by atoms with Gasteiger partial charge in [0, 0.05) is 45.7 Å². The van der Waals surface area contributed by atoms with Crippen LogP contribution in [0.1, 0.15) is 24.0 Å². The molecule has 11 heteroatoms. The third kappa shape index (κ3) is 6.64. The quantitative estimate of drug-likeness (QED) is 0.456. The van der Waals surface area contributed by atoms with Crippen molar-refractivity contribution in [3.05, 3.63) is 62.6 Å². The summed E-state index contributed by atoms with van der Waals surface area (Å²) in [5.41, 5.74) is 2.19. The first kappa shape index (κ1) is 26.8. The lowest BCUT2D eigenvalue weighted by atomic mass is 10.1. The van der Waals surface area contributed by atoms with E-state index in [-0.39, 0.29) is 38.8 Å². The first-order chi connectivity index (χ1) is 16.1. The van der Waals surface area contributed by atoms with E-state index in [0.29, 0.717) is 13.0 Å². The summed E-state index contributed by atoms with van der Waals surface area (Å²) >= 11 is 17.9. The minimum absolute atomic E-state index is 0.00224. The number of nitrogens with zero attached hydrogens (tertiary/aromatic N) is 3. The van der Waals surface area contributed by atoms with Gasteiger partial charge in [0.25, 0.3) is 0 Å². The summed E-state index contributed by atoms with van der Waals surface area (Å²) in [6.45, 7) is 2.41. The van der Waals surface area contributed by atoms with Crippen LogP contribution in [0.3, 0.4) is 0 Å². The Morgan fingerprint density at radius 1 is 1.03 bits per heavy atom. The Hall–Kier alpha value is -1.84. The third-order valence-electron chi connectivity index (χ3n) is 5.59. The van der Waals surface area contributed by atoms with E-state index in [4.69, 9.17) is 34.8 Å². The van der Waals surface area contributed by atoms with Gasteiger partial charge in [-0.05, 0) is 30.5 Å². The van der Waals surface area contributed by atoms with Gasteiger partial charge in [0.15, 0.2) is 0 Å². The molecule has 1 amide bonds. The van der Waals surface area contributed by atoms with Crippen molar-refractivity contribution < 1.29 is 13.2 Å². The Morgan fingerprint density at radius 2 is 1.71 bits per heavy atom. The SMILES string of the molecule is CN(CCc1ccc(C2=NCCN2)cc1)C(=O)CCCN(C)S(=O)(=O)c1cc(Cl)c(Cl)cc1Cl. The molecular formula is C23H27Cl3N4O3S. The van der Waals surface area contributed by atoms with E-state index in [0.717, 1.165) is 40.8 Å². The zero-order valence-electron chi connectivity index (χ0n) is 19.0. The number of amidine groups is 1. The summed E-state index contributed by atoms with van der Waals surface area (Å²) in [6, 6.07) is 10.7. The van der Waals surface area contributed by atoms with Crippen LogP contribution in [0.25, 0.3) is 0 Å². The highest BCUT2D eigenvalue weighted by atomic mass is 35.5. The normalized spacial score (nSPS) is 13.6. The summed E-state index contributed by atoms with van der Waals surface area (Å²) in [6.07, 6.45) is 1.34. The van der Waals surface area contributed by atoms with Crippen LogP contribution in [0, 0.1) is 0 Å². The van der Waals surface area contributed by atoms with Gasteiger partial charge in [-0.15, -0.1) is 0 Å². The first-order valence-corrected chi connectivity index (χ1v) is 13.4. The monoisotopic (exact) mass is 544 g/mol. The Labute approximate surface area is 215 Å². The van der Waals surface area contributed by atoms with Crippen molar-refractivity contribution in [2.75, 3.05) is 40.3 Å². The van der Waals surface area contributed by atoms with Crippen molar-refractivity contribution in [1.82, 2.24) is 14.5 Å². The van der Waals surface area contributed by atoms with Gasteiger partial charge in [-0.25, -0.2) is 12.7 Å².